The molecule has 3 amide bonds. The number of aryl methyl sites for hydroxylation is 1. The highest BCUT2D eigenvalue weighted by Gasteiger charge is 2.44. The highest BCUT2D eigenvalue weighted by molar-refractivity contribution is 5.92. The summed E-state index contributed by atoms with van der Waals surface area (Å²) in [5.41, 5.74) is 2.23. The Bertz CT molecular complexity index is 887. The van der Waals surface area contributed by atoms with Gasteiger partial charge in [-0.1, -0.05) is 45.4 Å². The van der Waals surface area contributed by atoms with E-state index in [0.717, 1.165) is 42.4 Å². The van der Waals surface area contributed by atoms with Crippen molar-refractivity contribution in [2.75, 3.05) is 6.54 Å². The molecule has 1 fully saturated rings. The summed E-state index contributed by atoms with van der Waals surface area (Å²) >= 11 is 0. The summed E-state index contributed by atoms with van der Waals surface area (Å²) in [5.74, 6) is -0.242. The molecular weight excluding hydrogens is 442 g/mol. The van der Waals surface area contributed by atoms with Crippen molar-refractivity contribution in [3.05, 3.63) is 34.9 Å². The van der Waals surface area contributed by atoms with Gasteiger partial charge in [0, 0.05) is 12.6 Å². The number of rotatable bonds is 11. The number of amides is 3. The molecule has 1 aromatic carbocycles. The van der Waals surface area contributed by atoms with Crippen molar-refractivity contribution < 1.29 is 19.1 Å². The predicted octanol–water partition coefficient (Wildman–Crippen LogP) is 5.19. The fraction of sp³-hybridized carbons (Fsp3) is 0.679. The Morgan fingerprint density at radius 3 is 2.34 bits per heavy atom. The maximum absolute atomic E-state index is 14.1. The average Bonchev–Trinajstić information content (AvgIpc) is 3.57. The van der Waals surface area contributed by atoms with Crippen LogP contribution in [0.2, 0.25) is 0 Å². The van der Waals surface area contributed by atoms with Gasteiger partial charge in [0.05, 0.1) is 0 Å². The highest BCUT2D eigenvalue weighted by Crippen LogP contribution is 2.37. The Morgan fingerprint density at radius 1 is 1.14 bits per heavy atom. The van der Waals surface area contributed by atoms with Gasteiger partial charge in [-0.05, 0) is 82.9 Å². The standard InChI is InChI=1S/C28H45N3O4/c1-9-10-16-29-25(32)24(22-13-11-12-19(4)20(22)5)31(21-14-15-21)26(33)23(17-18(2)3)30-27(34)35-28(6,7)8/h11-13,18,21,23-24H,9-10,14-17H2,1-8H3,(H,29,32)(H,30,34). The number of nitrogens with zero attached hydrogens (tertiary/aromatic N) is 1. The largest absolute Gasteiger partial charge is 0.444 e. The van der Waals surface area contributed by atoms with Crippen molar-refractivity contribution >= 4 is 17.9 Å². The van der Waals surface area contributed by atoms with E-state index < -0.39 is 23.8 Å². The third kappa shape index (κ3) is 8.55. The van der Waals surface area contributed by atoms with Crippen LogP contribution >= 0.6 is 0 Å². The Kier molecular flexibility index (Phi) is 10.2. The van der Waals surface area contributed by atoms with E-state index in [9.17, 15) is 14.4 Å². The van der Waals surface area contributed by atoms with Crippen LogP contribution in [-0.2, 0) is 14.3 Å². The first-order valence-corrected chi connectivity index (χ1v) is 13.0. The van der Waals surface area contributed by atoms with Crippen LogP contribution in [0.5, 0.6) is 0 Å². The van der Waals surface area contributed by atoms with Crippen molar-refractivity contribution in [1.82, 2.24) is 15.5 Å². The quantitative estimate of drug-likeness (QED) is 0.421. The summed E-state index contributed by atoms with van der Waals surface area (Å²) in [5, 5.41) is 5.86. The molecule has 0 bridgehead atoms. The molecule has 35 heavy (non-hydrogen) atoms. The molecule has 0 aromatic heterocycles. The minimum absolute atomic E-state index is 0.0283. The van der Waals surface area contributed by atoms with Gasteiger partial charge in [-0.2, -0.15) is 0 Å². The molecule has 0 radical (unpaired) electrons. The van der Waals surface area contributed by atoms with Crippen LogP contribution in [0.25, 0.3) is 0 Å². The van der Waals surface area contributed by atoms with Gasteiger partial charge >= 0.3 is 6.09 Å². The zero-order chi connectivity index (χ0) is 26.3. The number of carbonyl (C=O) groups excluding carboxylic acids is 3. The van der Waals surface area contributed by atoms with Gasteiger partial charge in [0.15, 0.2) is 0 Å². The number of ether oxygens (including phenoxy) is 1. The summed E-state index contributed by atoms with van der Waals surface area (Å²) in [4.78, 5) is 42.0. The molecule has 2 N–H and O–H groups in total. The monoisotopic (exact) mass is 487 g/mol. The smallest absolute Gasteiger partial charge is 0.408 e. The van der Waals surface area contributed by atoms with Gasteiger partial charge < -0.3 is 20.3 Å². The van der Waals surface area contributed by atoms with Crippen LogP contribution in [-0.4, -0.2) is 47.0 Å². The molecule has 7 nitrogen and oxygen atoms in total. The van der Waals surface area contributed by atoms with Crippen LogP contribution in [0.4, 0.5) is 4.79 Å². The molecule has 1 saturated carbocycles. The lowest BCUT2D eigenvalue weighted by Crippen LogP contribution is -2.54. The van der Waals surface area contributed by atoms with E-state index in [1.807, 2.05) is 45.9 Å². The van der Waals surface area contributed by atoms with Crippen molar-refractivity contribution in [2.24, 2.45) is 5.92 Å². The van der Waals surface area contributed by atoms with Crippen molar-refractivity contribution in [2.45, 2.75) is 111 Å². The first-order chi connectivity index (χ1) is 16.4. The summed E-state index contributed by atoms with van der Waals surface area (Å²) in [7, 11) is 0. The molecule has 196 valence electrons. The number of nitrogens with one attached hydrogen (secondary N) is 2. The lowest BCUT2D eigenvalue weighted by molar-refractivity contribution is -0.143. The van der Waals surface area contributed by atoms with Gasteiger partial charge in [0.2, 0.25) is 11.8 Å². The lowest BCUT2D eigenvalue weighted by atomic mass is 9.94. The van der Waals surface area contributed by atoms with E-state index in [2.05, 4.69) is 17.6 Å². The maximum Gasteiger partial charge on any atom is 0.408 e. The molecule has 7 heteroatoms. The maximum atomic E-state index is 14.1. The third-order valence-electron chi connectivity index (χ3n) is 6.19. The molecular formula is C28H45N3O4. The second-order valence-electron chi connectivity index (χ2n) is 11.1. The van der Waals surface area contributed by atoms with Crippen LogP contribution in [0.3, 0.4) is 0 Å². The van der Waals surface area contributed by atoms with E-state index in [1.54, 1.807) is 25.7 Å². The van der Waals surface area contributed by atoms with Crippen molar-refractivity contribution in [1.29, 1.82) is 0 Å². The van der Waals surface area contributed by atoms with Crippen LogP contribution in [0.1, 0.15) is 96.4 Å². The first-order valence-electron chi connectivity index (χ1n) is 13.0. The molecule has 0 spiro atoms. The Morgan fingerprint density at radius 2 is 1.80 bits per heavy atom. The fourth-order valence-corrected chi connectivity index (χ4v) is 4.17. The third-order valence-corrected chi connectivity index (χ3v) is 6.19. The summed E-state index contributed by atoms with van der Waals surface area (Å²) in [6, 6.07) is 4.33. The van der Waals surface area contributed by atoms with E-state index in [4.69, 9.17) is 4.74 Å². The van der Waals surface area contributed by atoms with Gasteiger partial charge in [-0.15, -0.1) is 0 Å². The van der Waals surface area contributed by atoms with E-state index in [1.165, 1.54) is 0 Å². The number of benzene rings is 1. The molecule has 0 heterocycles. The van der Waals surface area contributed by atoms with Gasteiger partial charge in [0.1, 0.15) is 17.7 Å². The fourth-order valence-electron chi connectivity index (χ4n) is 4.17. The molecule has 2 rings (SSSR count). The SMILES string of the molecule is CCCCNC(=O)C(c1cccc(C)c1C)N(C(=O)C(CC(C)C)NC(=O)OC(C)(C)C)C1CC1. The second-order valence-corrected chi connectivity index (χ2v) is 11.1. The predicted molar refractivity (Wildman–Crippen MR) is 139 cm³/mol. The molecule has 1 aliphatic rings. The zero-order valence-electron chi connectivity index (χ0n) is 22.9. The van der Waals surface area contributed by atoms with Crippen LogP contribution in [0.15, 0.2) is 18.2 Å². The molecule has 0 aliphatic heterocycles. The highest BCUT2D eigenvalue weighted by atomic mass is 16.6. The van der Waals surface area contributed by atoms with E-state index in [0.29, 0.717) is 13.0 Å². The number of carbonyl (C=O) groups is 3. The van der Waals surface area contributed by atoms with Gasteiger partial charge in [0.25, 0.3) is 0 Å². The molecule has 0 saturated heterocycles. The first kappa shape index (κ1) is 28.7. The number of hydrogen-bond donors (Lipinski definition) is 2. The van der Waals surface area contributed by atoms with Crippen molar-refractivity contribution in [3.63, 3.8) is 0 Å². The van der Waals surface area contributed by atoms with Gasteiger partial charge in [-0.3, -0.25) is 9.59 Å². The number of hydrogen-bond acceptors (Lipinski definition) is 4. The summed E-state index contributed by atoms with van der Waals surface area (Å²) < 4.78 is 5.45. The second kappa shape index (κ2) is 12.4. The topological polar surface area (TPSA) is 87.7 Å². The molecule has 1 aliphatic carbocycles. The normalized spacial score (nSPS) is 15.3. The van der Waals surface area contributed by atoms with Gasteiger partial charge in [-0.25, -0.2) is 4.79 Å². The summed E-state index contributed by atoms with van der Waals surface area (Å²) in [6.45, 7) is 16.0. The minimum atomic E-state index is -0.776. The number of alkyl carbamates (subject to hydrolysis) is 1. The lowest BCUT2D eigenvalue weighted by Gasteiger charge is -2.36. The van der Waals surface area contributed by atoms with E-state index in [-0.39, 0.29) is 23.8 Å². The Hall–Kier alpha value is -2.57. The average molecular weight is 488 g/mol. The van der Waals surface area contributed by atoms with Crippen LogP contribution < -0.4 is 10.6 Å². The van der Waals surface area contributed by atoms with Crippen molar-refractivity contribution in [3.8, 4) is 0 Å². The Balaban J connectivity index is 2.46. The number of unbranched alkanes of at least 4 members (excludes halogenated alkanes) is 1. The molecule has 2 atom stereocenters. The summed E-state index contributed by atoms with van der Waals surface area (Å²) in [6.07, 6.45) is 3.36. The molecule has 1 aromatic rings. The zero-order valence-corrected chi connectivity index (χ0v) is 22.9. The molecule has 2 unspecified atom stereocenters. The van der Waals surface area contributed by atoms with E-state index >= 15 is 0 Å². The van der Waals surface area contributed by atoms with Crippen LogP contribution in [0, 0.1) is 19.8 Å². The minimum Gasteiger partial charge on any atom is -0.444 e. The Labute approximate surface area is 211 Å².